The van der Waals surface area contributed by atoms with Crippen LogP contribution in [0.25, 0.3) is 33.5 Å². The highest BCUT2D eigenvalue weighted by Crippen LogP contribution is 2.36. The molecule has 0 aliphatic carbocycles. The minimum Gasteiger partial charge on any atom is -0.377 e. The molecule has 0 aliphatic rings. The summed E-state index contributed by atoms with van der Waals surface area (Å²) < 4.78 is 44.1. The van der Waals surface area contributed by atoms with Gasteiger partial charge in [0, 0.05) is 49.2 Å². The molecule has 0 amide bonds. The van der Waals surface area contributed by atoms with E-state index in [-0.39, 0.29) is 28.3 Å². The molecule has 0 radical (unpaired) electrons. The van der Waals surface area contributed by atoms with Crippen LogP contribution in [-0.2, 0) is 20.3 Å². The summed E-state index contributed by atoms with van der Waals surface area (Å²) >= 11 is 0. The van der Waals surface area contributed by atoms with Crippen LogP contribution in [0.15, 0.2) is 64.7 Å². The predicted octanol–water partition coefficient (Wildman–Crippen LogP) is 4.96. The van der Waals surface area contributed by atoms with Crippen LogP contribution >= 0.6 is 0 Å². The third kappa shape index (κ3) is 5.20. The lowest BCUT2D eigenvalue weighted by Gasteiger charge is -2.22. The summed E-state index contributed by atoms with van der Waals surface area (Å²) in [5, 5.41) is 3.97. The zero-order valence-electron chi connectivity index (χ0n) is 22.9. The van der Waals surface area contributed by atoms with E-state index in [0.29, 0.717) is 33.3 Å². The van der Waals surface area contributed by atoms with Gasteiger partial charge in [-0.15, -0.1) is 0 Å². The van der Waals surface area contributed by atoms with Crippen LogP contribution < -0.4 is 16.4 Å². The molecule has 210 valence electrons. The Bertz CT molecular complexity index is 1910. The molecule has 5 rings (SSSR count). The van der Waals surface area contributed by atoms with Crippen molar-refractivity contribution >= 4 is 16.5 Å². The van der Waals surface area contributed by atoms with Gasteiger partial charge in [-0.3, -0.25) is 14.6 Å². The molecule has 0 saturated heterocycles. The fraction of sp³-hybridized carbons (Fsp3) is 0.241. The second-order valence-corrected chi connectivity index (χ2v) is 9.91. The van der Waals surface area contributed by atoms with Gasteiger partial charge >= 0.3 is 6.18 Å². The molecule has 0 spiro atoms. The first-order valence-corrected chi connectivity index (χ1v) is 12.6. The van der Waals surface area contributed by atoms with Gasteiger partial charge in [0.2, 0.25) is 0 Å². The van der Waals surface area contributed by atoms with Gasteiger partial charge in [0.15, 0.2) is 11.5 Å². The monoisotopic (exact) mass is 561 g/mol. The summed E-state index contributed by atoms with van der Waals surface area (Å²) in [6, 6.07) is 7.68. The van der Waals surface area contributed by atoms with Crippen molar-refractivity contribution in [1.29, 1.82) is 0 Å². The first kappa shape index (κ1) is 27.7. The minimum absolute atomic E-state index is 0.150. The van der Waals surface area contributed by atoms with E-state index in [2.05, 4.69) is 25.3 Å². The lowest BCUT2D eigenvalue weighted by Crippen LogP contribution is -2.21. The number of nitrogens with one attached hydrogen (secondary N) is 1. The number of halogens is 3. The van der Waals surface area contributed by atoms with Gasteiger partial charge in [-0.25, -0.2) is 15.0 Å². The molecular formula is C29H26F3N7O2. The molecule has 12 heteroatoms. The van der Waals surface area contributed by atoms with Crippen molar-refractivity contribution in [3.63, 3.8) is 0 Å². The molecular weight excluding hydrogens is 535 g/mol. The Hall–Kier alpha value is -4.87. The molecule has 0 bridgehead atoms. The highest BCUT2D eigenvalue weighted by atomic mass is 19.4. The molecule has 9 nitrogen and oxygen atoms in total. The standard InChI is InChI=1S/C29H26F3N7O2/c1-15-8-19(17(3)37-22-7-6-16(2)36-26(22)29(30,31)32)20-10-23(39(5)28(41)21(20)9-15)18-11-34-27(35-12-18)24-13-33-14-25(40)38(24)4/h6-14,17,37H,1-5H3/t17-/m1/s1. The molecule has 0 saturated carbocycles. The zero-order chi connectivity index (χ0) is 29.6. The van der Waals surface area contributed by atoms with E-state index < -0.39 is 17.9 Å². The number of aryl methyl sites for hydroxylation is 2. The lowest BCUT2D eigenvalue weighted by molar-refractivity contribution is -0.140. The Labute approximate surface area is 232 Å². The fourth-order valence-corrected chi connectivity index (χ4v) is 4.79. The maximum Gasteiger partial charge on any atom is 0.435 e. The second-order valence-electron chi connectivity index (χ2n) is 9.91. The molecule has 41 heavy (non-hydrogen) atoms. The zero-order valence-corrected chi connectivity index (χ0v) is 22.9. The number of rotatable bonds is 5. The van der Waals surface area contributed by atoms with Crippen LogP contribution in [0.1, 0.15) is 35.5 Å². The smallest absolute Gasteiger partial charge is 0.377 e. The number of alkyl halides is 3. The Balaban J connectivity index is 1.61. The minimum atomic E-state index is -4.64. The van der Waals surface area contributed by atoms with Gasteiger partial charge in [0.1, 0.15) is 5.69 Å². The Morgan fingerprint density at radius 2 is 1.59 bits per heavy atom. The van der Waals surface area contributed by atoms with Crippen LogP contribution in [0.4, 0.5) is 18.9 Å². The van der Waals surface area contributed by atoms with Crippen molar-refractivity contribution in [1.82, 2.24) is 29.1 Å². The van der Waals surface area contributed by atoms with E-state index in [9.17, 15) is 22.8 Å². The summed E-state index contributed by atoms with van der Waals surface area (Å²) in [5.74, 6) is 0.286. The average Bonchev–Trinajstić information content (AvgIpc) is 2.92. The number of hydrogen-bond donors (Lipinski definition) is 1. The maximum atomic E-state index is 13.7. The highest BCUT2D eigenvalue weighted by Gasteiger charge is 2.36. The quantitative estimate of drug-likeness (QED) is 0.323. The van der Waals surface area contributed by atoms with E-state index in [0.717, 1.165) is 5.56 Å². The number of hydrogen-bond acceptors (Lipinski definition) is 7. The topological polar surface area (TPSA) is 108 Å². The average molecular weight is 562 g/mol. The molecule has 4 heterocycles. The molecule has 5 aromatic rings. The van der Waals surface area contributed by atoms with Crippen LogP contribution in [0, 0.1) is 13.8 Å². The molecule has 0 aliphatic heterocycles. The largest absolute Gasteiger partial charge is 0.435 e. The van der Waals surface area contributed by atoms with Gasteiger partial charge in [0.05, 0.1) is 23.8 Å². The summed E-state index contributed by atoms with van der Waals surface area (Å²) in [4.78, 5) is 41.9. The first-order chi connectivity index (χ1) is 19.3. The van der Waals surface area contributed by atoms with Gasteiger partial charge in [0.25, 0.3) is 11.1 Å². The third-order valence-corrected chi connectivity index (χ3v) is 6.93. The van der Waals surface area contributed by atoms with Gasteiger partial charge < -0.3 is 14.5 Å². The number of nitrogens with zero attached hydrogens (tertiary/aromatic N) is 6. The summed E-state index contributed by atoms with van der Waals surface area (Å²) in [6.07, 6.45) is 1.13. The molecule has 0 unspecified atom stereocenters. The van der Waals surface area contributed by atoms with Crippen LogP contribution in [0.3, 0.4) is 0 Å². The number of fused-ring (bicyclic) bond motifs is 1. The van der Waals surface area contributed by atoms with Crippen LogP contribution in [-0.4, -0.2) is 29.1 Å². The van der Waals surface area contributed by atoms with E-state index in [1.807, 2.05) is 13.0 Å². The van der Waals surface area contributed by atoms with E-state index in [1.165, 1.54) is 40.6 Å². The first-order valence-electron chi connectivity index (χ1n) is 12.6. The van der Waals surface area contributed by atoms with Crippen LogP contribution in [0.5, 0.6) is 0 Å². The van der Waals surface area contributed by atoms with Gasteiger partial charge in [-0.2, -0.15) is 13.2 Å². The highest BCUT2D eigenvalue weighted by molar-refractivity contribution is 5.89. The summed E-state index contributed by atoms with van der Waals surface area (Å²) in [6.45, 7) is 5.07. The predicted molar refractivity (Wildman–Crippen MR) is 149 cm³/mol. The Kier molecular flexibility index (Phi) is 6.93. The van der Waals surface area contributed by atoms with Crippen molar-refractivity contribution in [2.75, 3.05) is 5.32 Å². The number of pyridine rings is 2. The van der Waals surface area contributed by atoms with Crippen molar-refractivity contribution in [2.45, 2.75) is 33.0 Å². The second kappa shape index (κ2) is 10.3. The van der Waals surface area contributed by atoms with Crippen molar-refractivity contribution in [3.8, 4) is 22.8 Å². The normalized spacial score (nSPS) is 12.5. The molecule has 1 atom stereocenters. The maximum absolute atomic E-state index is 13.7. The molecule has 1 N–H and O–H groups in total. The van der Waals surface area contributed by atoms with Gasteiger partial charge in [-0.1, -0.05) is 6.07 Å². The summed E-state index contributed by atoms with van der Waals surface area (Å²) in [7, 11) is 3.22. The summed E-state index contributed by atoms with van der Waals surface area (Å²) in [5.41, 5.74) is 1.45. The van der Waals surface area contributed by atoms with Crippen molar-refractivity contribution in [3.05, 3.63) is 98.3 Å². The van der Waals surface area contributed by atoms with E-state index >= 15 is 0 Å². The SMILES string of the molecule is Cc1cc([C@@H](C)Nc2ccc(C)nc2C(F)(F)F)c2cc(-c3cnc(-c4cncc(=O)n4C)nc3)n(C)c(=O)c2c1. The Morgan fingerprint density at radius 1 is 0.878 bits per heavy atom. The lowest BCUT2D eigenvalue weighted by atomic mass is 9.96. The molecule has 1 aromatic carbocycles. The van der Waals surface area contributed by atoms with E-state index in [1.54, 1.807) is 45.5 Å². The van der Waals surface area contributed by atoms with Gasteiger partial charge in [-0.05, 0) is 61.5 Å². The molecule has 0 fully saturated rings. The number of benzene rings is 1. The number of anilines is 1. The van der Waals surface area contributed by atoms with Crippen molar-refractivity contribution in [2.24, 2.45) is 14.1 Å². The Morgan fingerprint density at radius 3 is 2.27 bits per heavy atom. The number of aromatic nitrogens is 6. The van der Waals surface area contributed by atoms with Crippen LogP contribution in [0.2, 0.25) is 0 Å². The van der Waals surface area contributed by atoms with E-state index in [4.69, 9.17) is 0 Å². The fourth-order valence-electron chi connectivity index (χ4n) is 4.79. The third-order valence-electron chi connectivity index (χ3n) is 6.93. The molecule has 4 aromatic heterocycles. The van der Waals surface area contributed by atoms with Crippen molar-refractivity contribution < 1.29 is 13.2 Å².